The zero-order chi connectivity index (χ0) is 17.3. The molecule has 0 bridgehead atoms. The number of alkyl halides is 3. The maximum atomic E-state index is 13.1. The van der Waals surface area contributed by atoms with E-state index in [2.05, 4.69) is 10.3 Å². The molecule has 0 saturated heterocycles. The van der Waals surface area contributed by atoms with Crippen LogP contribution in [0.1, 0.15) is 15.9 Å². The lowest BCUT2D eigenvalue weighted by Crippen LogP contribution is -2.10. The third-order valence-electron chi connectivity index (χ3n) is 3.52. The number of hydrogen-bond donors (Lipinski definition) is 2. The molecule has 0 atom stereocenters. The van der Waals surface area contributed by atoms with Crippen molar-refractivity contribution in [3.63, 3.8) is 0 Å². The maximum Gasteiger partial charge on any atom is 0.418 e. The molecule has 3 aromatic rings. The number of para-hydroxylation sites is 1. The Hall–Kier alpha value is -3.09. The molecule has 7 heteroatoms. The molecule has 1 heterocycles. The van der Waals surface area contributed by atoms with Crippen molar-refractivity contribution in [2.75, 3.05) is 5.32 Å². The number of anilines is 2. The highest BCUT2D eigenvalue weighted by Gasteiger charge is 2.33. The number of amides is 1. The van der Waals surface area contributed by atoms with Crippen LogP contribution in [0.25, 0.3) is 10.9 Å². The van der Waals surface area contributed by atoms with E-state index in [0.29, 0.717) is 22.3 Å². The van der Waals surface area contributed by atoms with Crippen LogP contribution >= 0.6 is 0 Å². The lowest BCUT2D eigenvalue weighted by molar-refractivity contribution is -0.136. The predicted molar refractivity (Wildman–Crippen MR) is 85.0 cm³/mol. The summed E-state index contributed by atoms with van der Waals surface area (Å²) in [5.41, 5.74) is 5.71. The van der Waals surface area contributed by atoms with E-state index in [1.807, 2.05) is 0 Å². The van der Waals surface area contributed by atoms with Crippen LogP contribution in [0, 0.1) is 0 Å². The monoisotopic (exact) mass is 331 g/mol. The standard InChI is InChI=1S/C17H12F3N3O/c18-17(19,20)13-3-1-2-12-14(8-9-22-15(12)13)23-11-6-4-10(5-7-11)16(21)24/h1-9H,(H2,21,24)(H,22,23). The summed E-state index contributed by atoms with van der Waals surface area (Å²) < 4.78 is 39.3. The van der Waals surface area contributed by atoms with Crippen molar-refractivity contribution in [1.82, 2.24) is 4.98 Å². The molecule has 1 aromatic heterocycles. The maximum absolute atomic E-state index is 13.1. The molecule has 3 N–H and O–H groups in total. The summed E-state index contributed by atoms with van der Waals surface area (Å²) >= 11 is 0. The molecule has 0 saturated carbocycles. The lowest BCUT2D eigenvalue weighted by Gasteiger charge is -2.13. The number of benzene rings is 2. The first kappa shape index (κ1) is 15.8. The van der Waals surface area contributed by atoms with E-state index in [1.54, 1.807) is 24.3 Å². The van der Waals surface area contributed by atoms with Gasteiger partial charge in [0.1, 0.15) is 0 Å². The molecule has 0 aliphatic heterocycles. The van der Waals surface area contributed by atoms with Gasteiger partial charge in [-0.15, -0.1) is 0 Å². The molecule has 0 aliphatic rings. The van der Waals surface area contributed by atoms with Crippen LogP contribution in [0.2, 0.25) is 0 Å². The molecule has 0 aliphatic carbocycles. The van der Waals surface area contributed by atoms with E-state index < -0.39 is 17.6 Å². The van der Waals surface area contributed by atoms with Crippen LogP contribution in [0.5, 0.6) is 0 Å². The molecule has 24 heavy (non-hydrogen) atoms. The van der Waals surface area contributed by atoms with Gasteiger partial charge in [-0.3, -0.25) is 9.78 Å². The number of rotatable bonds is 3. The van der Waals surface area contributed by atoms with E-state index in [4.69, 9.17) is 5.73 Å². The zero-order valence-corrected chi connectivity index (χ0v) is 12.3. The number of aromatic nitrogens is 1. The molecule has 2 aromatic carbocycles. The Morgan fingerprint density at radius 1 is 1.04 bits per heavy atom. The van der Waals surface area contributed by atoms with Crippen LogP contribution in [-0.4, -0.2) is 10.9 Å². The number of pyridine rings is 1. The second kappa shape index (κ2) is 5.84. The third-order valence-corrected chi connectivity index (χ3v) is 3.52. The number of nitrogens with two attached hydrogens (primary N) is 1. The Balaban J connectivity index is 2.03. The Bertz CT molecular complexity index is 905. The van der Waals surface area contributed by atoms with Crippen LogP contribution in [-0.2, 0) is 6.18 Å². The van der Waals surface area contributed by atoms with Crippen molar-refractivity contribution in [2.24, 2.45) is 5.73 Å². The van der Waals surface area contributed by atoms with Crippen molar-refractivity contribution in [3.8, 4) is 0 Å². The quantitative estimate of drug-likeness (QED) is 0.759. The molecule has 4 nitrogen and oxygen atoms in total. The number of carbonyl (C=O) groups excluding carboxylic acids is 1. The average Bonchev–Trinajstić information content (AvgIpc) is 2.54. The SMILES string of the molecule is NC(=O)c1ccc(Nc2ccnc3c(C(F)(F)F)cccc23)cc1. The summed E-state index contributed by atoms with van der Waals surface area (Å²) in [5, 5.41) is 3.39. The minimum absolute atomic E-state index is 0.122. The van der Waals surface area contributed by atoms with E-state index in [1.165, 1.54) is 24.4 Å². The van der Waals surface area contributed by atoms with Crippen molar-refractivity contribution in [2.45, 2.75) is 6.18 Å². The Morgan fingerprint density at radius 3 is 2.38 bits per heavy atom. The number of carbonyl (C=O) groups is 1. The number of nitrogens with zero attached hydrogens (tertiary/aromatic N) is 1. The average molecular weight is 331 g/mol. The summed E-state index contributed by atoms with van der Waals surface area (Å²) in [6, 6.07) is 11.8. The van der Waals surface area contributed by atoms with Gasteiger partial charge in [0, 0.05) is 28.5 Å². The van der Waals surface area contributed by atoms with Gasteiger partial charge in [-0.2, -0.15) is 13.2 Å². The highest BCUT2D eigenvalue weighted by atomic mass is 19.4. The van der Waals surface area contributed by atoms with Gasteiger partial charge in [-0.05, 0) is 36.4 Å². The minimum atomic E-state index is -4.48. The van der Waals surface area contributed by atoms with Gasteiger partial charge in [0.15, 0.2) is 0 Å². The van der Waals surface area contributed by atoms with Crippen LogP contribution in [0.15, 0.2) is 54.7 Å². The normalized spacial score (nSPS) is 11.5. The zero-order valence-electron chi connectivity index (χ0n) is 12.3. The van der Waals surface area contributed by atoms with Crippen molar-refractivity contribution in [3.05, 3.63) is 65.9 Å². The fraction of sp³-hybridized carbons (Fsp3) is 0.0588. The van der Waals surface area contributed by atoms with Crippen molar-refractivity contribution >= 4 is 28.2 Å². The van der Waals surface area contributed by atoms with E-state index in [9.17, 15) is 18.0 Å². The molecule has 0 fully saturated rings. The summed E-state index contributed by atoms with van der Waals surface area (Å²) in [6.07, 6.45) is -3.16. The smallest absolute Gasteiger partial charge is 0.366 e. The number of nitrogens with one attached hydrogen (secondary N) is 1. The second-order valence-electron chi connectivity index (χ2n) is 5.12. The highest BCUT2D eigenvalue weighted by molar-refractivity contribution is 5.95. The summed E-state index contributed by atoms with van der Waals surface area (Å²) in [7, 11) is 0. The van der Waals surface area contributed by atoms with Crippen LogP contribution < -0.4 is 11.1 Å². The van der Waals surface area contributed by atoms with Gasteiger partial charge >= 0.3 is 6.18 Å². The highest BCUT2D eigenvalue weighted by Crippen LogP contribution is 2.36. The van der Waals surface area contributed by atoms with Gasteiger partial charge in [0.05, 0.1) is 11.1 Å². The predicted octanol–water partition coefficient (Wildman–Crippen LogP) is 4.10. The molecule has 0 radical (unpaired) electrons. The Labute approximate surface area is 135 Å². The molecule has 0 unspecified atom stereocenters. The Morgan fingerprint density at radius 2 is 1.75 bits per heavy atom. The van der Waals surface area contributed by atoms with Gasteiger partial charge in [-0.25, -0.2) is 0 Å². The first-order chi connectivity index (χ1) is 11.4. The summed E-state index contributed by atoms with van der Waals surface area (Å²) in [4.78, 5) is 14.9. The third kappa shape index (κ3) is 3.01. The number of hydrogen-bond acceptors (Lipinski definition) is 3. The topological polar surface area (TPSA) is 68.0 Å². The first-order valence-corrected chi connectivity index (χ1v) is 6.98. The number of halogens is 3. The number of primary amides is 1. The number of fused-ring (bicyclic) bond motifs is 1. The van der Waals surface area contributed by atoms with E-state index in [-0.39, 0.29) is 5.52 Å². The fourth-order valence-electron chi connectivity index (χ4n) is 2.39. The molecular weight excluding hydrogens is 319 g/mol. The van der Waals surface area contributed by atoms with Gasteiger partial charge < -0.3 is 11.1 Å². The van der Waals surface area contributed by atoms with E-state index >= 15 is 0 Å². The fourth-order valence-corrected chi connectivity index (χ4v) is 2.39. The summed E-state index contributed by atoms with van der Waals surface area (Å²) in [6.45, 7) is 0. The molecule has 3 rings (SSSR count). The van der Waals surface area contributed by atoms with Crippen LogP contribution in [0.3, 0.4) is 0 Å². The van der Waals surface area contributed by atoms with Crippen molar-refractivity contribution in [1.29, 1.82) is 0 Å². The molecule has 122 valence electrons. The van der Waals surface area contributed by atoms with E-state index in [0.717, 1.165) is 6.07 Å². The second-order valence-corrected chi connectivity index (χ2v) is 5.12. The molecule has 1 amide bonds. The van der Waals surface area contributed by atoms with Gasteiger partial charge in [-0.1, -0.05) is 12.1 Å². The Kier molecular flexibility index (Phi) is 3.84. The lowest BCUT2D eigenvalue weighted by atomic mass is 10.1. The van der Waals surface area contributed by atoms with Crippen molar-refractivity contribution < 1.29 is 18.0 Å². The van der Waals surface area contributed by atoms with Gasteiger partial charge in [0.2, 0.25) is 5.91 Å². The largest absolute Gasteiger partial charge is 0.418 e. The molecule has 0 spiro atoms. The minimum Gasteiger partial charge on any atom is -0.366 e. The molecular formula is C17H12F3N3O. The first-order valence-electron chi connectivity index (χ1n) is 6.98. The summed E-state index contributed by atoms with van der Waals surface area (Å²) in [5.74, 6) is -0.550. The van der Waals surface area contributed by atoms with Gasteiger partial charge in [0.25, 0.3) is 0 Å². The van der Waals surface area contributed by atoms with Crippen LogP contribution in [0.4, 0.5) is 24.5 Å².